The molecule has 1 saturated heterocycles. The topological polar surface area (TPSA) is 92.5 Å². The molecule has 0 radical (unpaired) electrons. The minimum absolute atomic E-state index is 0.0262. The number of ether oxygens (including phenoxy) is 1. The van der Waals surface area contributed by atoms with Crippen molar-refractivity contribution in [2.24, 2.45) is 5.73 Å². The first-order valence-corrected chi connectivity index (χ1v) is 10.2. The molecule has 1 aliphatic rings. The van der Waals surface area contributed by atoms with Gasteiger partial charge in [0.2, 0.25) is 0 Å². The van der Waals surface area contributed by atoms with Crippen LogP contribution in [-0.4, -0.2) is 37.2 Å². The maximum Gasteiger partial charge on any atom is 0.252 e. The molecule has 2 heterocycles. The van der Waals surface area contributed by atoms with E-state index in [0.29, 0.717) is 24.7 Å². The summed E-state index contributed by atoms with van der Waals surface area (Å²) in [7, 11) is 0. The minimum Gasteiger partial charge on any atom is -0.380 e. The summed E-state index contributed by atoms with van der Waals surface area (Å²) < 4.78 is 32.7. The molecule has 1 fully saturated rings. The lowest BCUT2D eigenvalue weighted by atomic mass is 10.1. The number of primary amides is 1. The zero-order chi connectivity index (χ0) is 22.5. The number of rotatable bonds is 7. The van der Waals surface area contributed by atoms with E-state index in [2.05, 4.69) is 20.5 Å². The summed E-state index contributed by atoms with van der Waals surface area (Å²) in [5.74, 6) is -1.30. The second-order valence-electron chi connectivity index (χ2n) is 7.34. The van der Waals surface area contributed by atoms with Crippen molar-refractivity contribution in [3.63, 3.8) is 0 Å². The zero-order valence-electron chi connectivity index (χ0n) is 17.3. The van der Waals surface area contributed by atoms with Crippen LogP contribution in [0.2, 0.25) is 0 Å². The molecule has 1 amide bonds. The number of benzene rings is 2. The molecule has 0 bridgehead atoms. The highest BCUT2D eigenvalue weighted by atomic mass is 19.1. The Hall–Kier alpha value is -3.72. The highest BCUT2D eigenvalue weighted by molar-refractivity contribution is 5.98. The first kappa shape index (κ1) is 21.5. The van der Waals surface area contributed by atoms with Crippen molar-refractivity contribution in [1.82, 2.24) is 4.98 Å². The van der Waals surface area contributed by atoms with Crippen LogP contribution in [0.1, 0.15) is 15.9 Å². The second-order valence-corrected chi connectivity index (χ2v) is 7.34. The summed E-state index contributed by atoms with van der Waals surface area (Å²) in [4.78, 5) is 18.3. The van der Waals surface area contributed by atoms with Crippen molar-refractivity contribution in [3.05, 3.63) is 77.5 Å². The van der Waals surface area contributed by atoms with Gasteiger partial charge in [-0.3, -0.25) is 4.79 Å². The van der Waals surface area contributed by atoms with Crippen molar-refractivity contribution in [2.75, 3.05) is 41.8 Å². The first-order valence-electron chi connectivity index (χ1n) is 10.2. The summed E-state index contributed by atoms with van der Waals surface area (Å²) in [5.41, 5.74) is 8.00. The number of nitrogens with one attached hydrogen (secondary N) is 2. The number of carbonyl (C=O) groups excluding carboxylic acids is 1. The van der Waals surface area contributed by atoms with Crippen LogP contribution in [0.4, 0.5) is 31.7 Å². The average Bonchev–Trinajstić information content (AvgIpc) is 2.80. The van der Waals surface area contributed by atoms with Crippen LogP contribution in [0.15, 0.2) is 54.7 Å². The highest BCUT2D eigenvalue weighted by Crippen LogP contribution is 2.25. The number of carbonyl (C=O) groups is 1. The van der Waals surface area contributed by atoms with E-state index in [4.69, 9.17) is 10.5 Å². The Balaban J connectivity index is 1.49. The lowest BCUT2D eigenvalue weighted by Crippen LogP contribution is -2.36. The Morgan fingerprint density at radius 2 is 1.84 bits per heavy atom. The number of anilines is 4. The van der Waals surface area contributed by atoms with Crippen molar-refractivity contribution in [3.8, 4) is 0 Å². The third kappa shape index (κ3) is 5.12. The molecule has 7 nitrogen and oxygen atoms in total. The number of halogens is 2. The molecular formula is C23H23F2N5O2. The summed E-state index contributed by atoms with van der Waals surface area (Å²) in [6.45, 7) is 3.10. The van der Waals surface area contributed by atoms with E-state index in [-0.39, 0.29) is 17.7 Å². The molecule has 32 heavy (non-hydrogen) atoms. The lowest BCUT2D eigenvalue weighted by molar-refractivity contribution is 0.100. The monoisotopic (exact) mass is 439 g/mol. The molecule has 0 saturated carbocycles. The normalized spacial score (nSPS) is 13.6. The number of amides is 1. The van der Waals surface area contributed by atoms with Gasteiger partial charge < -0.3 is 26.0 Å². The molecule has 1 aromatic heterocycles. The number of pyridine rings is 1. The predicted molar refractivity (Wildman–Crippen MR) is 119 cm³/mol. The van der Waals surface area contributed by atoms with Crippen molar-refractivity contribution in [2.45, 2.75) is 6.54 Å². The number of nitrogens with two attached hydrogens (primary N) is 1. The Morgan fingerprint density at radius 1 is 1.09 bits per heavy atom. The van der Waals surface area contributed by atoms with E-state index in [1.165, 1.54) is 6.20 Å². The summed E-state index contributed by atoms with van der Waals surface area (Å²) in [6.07, 6.45) is 1.34. The number of aromatic nitrogens is 1. The van der Waals surface area contributed by atoms with E-state index < -0.39 is 17.5 Å². The van der Waals surface area contributed by atoms with Crippen LogP contribution in [0.5, 0.6) is 0 Å². The minimum atomic E-state index is -0.680. The van der Waals surface area contributed by atoms with Gasteiger partial charge in [-0.2, -0.15) is 0 Å². The highest BCUT2D eigenvalue weighted by Gasteiger charge is 2.13. The van der Waals surface area contributed by atoms with E-state index in [1.54, 1.807) is 6.07 Å². The Bertz CT molecular complexity index is 1100. The van der Waals surface area contributed by atoms with Crippen LogP contribution in [-0.2, 0) is 11.3 Å². The van der Waals surface area contributed by atoms with Crippen molar-refractivity contribution < 1.29 is 18.3 Å². The number of nitrogens with zero attached hydrogens (tertiary/aromatic N) is 2. The maximum atomic E-state index is 13.9. The third-order valence-corrected chi connectivity index (χ3v) is 5.16. The van der Waals surface area contributed by atoms with Gasteiger partial charge in [0.25, 0.3) is 5.91 Å². The van der Waals surface area contributed by atoms with Crippen molar-refractivity contribution in [1.29, 1.82) is 0 Å². The maximum absolute atomic E-state index is 13.9. The van der Waals surface area contributed by atoms with Gasteiger partial charge in [0.05, 0.1) is 24.5 Å². The van der Waals surface area contributed by atoms with Crippen LogP contribution in [0.3, 0.4) is 0 Å². The van der Waals surface area contributed by atoms with Crippen LogP contribution in [0.25, 0.3) is 0 Å². The Labute approximate surface area is 184 Å². The molecule has 0 spiro atoms. The molecule has 3 aromatic rings. The van der Waals surface area contributed by atoms with Gasteiger partial charge in [-0.15, -0.1) is 0 Å². The molecule has 2 aromatic carbocycles. The molecule has 0 aliphatic carbocycles. The molecule has 4 rings (SSSR count). The molecule has 0 unspecified atom stereocenters. The first-order chi connectivity index (χ1) is 15.5. The third-order valence-electron chi connectivity index (χ3n) is 5.16. The quantitative estimate of drug-likeness (QED) is 0.521. The van der Waals surface area contributed by atoms with Crippen LogP contribution >= 0.6 is 0 Å². The fourth-order valence-corrected chi connectivity index (χ4v) is 3.46. The molecule has 0 atom stereocenters. The molecular weight excluding hydrogens is 416 g/mol. The lowest BCUT2D eigenvalue weighted by Gasteiger charge is -2.28. The van der Waals surface area contributed by atoms with Gasteiger partial charge in [0, 0.05) is 48.8 Å². The van der Waals surface area contributed by atoms with E-state index in [0.717, 1.165) is 42.7 Å². The second kappa shape index (κ2) is 9.61. The SMILES string of the molecule is NC(=O)c1cnc(Nc2ccc(N3CCOCC3)cc2)cc1NCc1cc(F)ccc1F. The van der Waals surface area contributed by atoms with Gasteiger partial charge in [-0.25, -0.2) is 13.8 Å². The van der Waals surface area contributed by atoms with Gasteiger partial charge in [0.1, 0.15) is 17.5 Å². The van der Waals surface area contributed by atoms with E-state index in [1.807, 2.05) is 24.3 Å². The largest absolute Gasteiger partial charge is 0.380 e. The summed E-state index contributed by atoms with van der Waals surface area (Å²) in [5, 5.41) is 6.13. The van der Waals surface area contributed by atoms with Crippen LogP contribution < -0.4 is 21.3 Å². The zero-order valence-corrected chi connectivity index (χ0v) is 17.3. The molecule has 166 valence electrons. The standard InChI is InChI=1S/C23H23F2N5O2/c24-16-1-6-20(25)15(11-16)13-27-21-12-22(28-14-19(21)23(26)31)29-17-2-4-18(5-3-17)30-7-9-32-10-8-30/h1-6,11-12,14H,7-10,13H2,(H2,26,31)(H2,27,28,29). The molecule has 1 aliphatic heterocycles. The molecule has 4 N–H and O–H groups in total. The fourth-order valence-electron chi connectivity index (χ4n) is 3.46. The van der Waals surface area contributed by atoms with E-state index in [9.17, 15) is 13.6 Å². The van der Waals surface area contributed by atoms with Gasteiger partial charge in [-0.1, -0.05) is 0 Å². The van der Waals surface area contributed by atoms with Gasteiger partial charge in [-0.05, 0) is 42.5 Å². The van der Waals surface area contributed by atoms with Gasteiger partial charge >= 0.3 is 0 Å². The molecule has 9 heteroatoms. The predicted octanol–water partition coefficient (Wildman–Crippen LogP) is 3.65. The Morgan fingerprint density at radius 3 is 2.56 bits per heavy atom. The number of morpholine rings is 1. The summed E-state index contributed by atoms with van der Waals surface area (Å²) >= 11 is 0. The van der Waals surface area contributed by atoms with E-state index >= 15 is 0 Å². The number of hydrogen-bond donors (Lipinski definition) is 3. The summed E-state index contributed by atoms with van der Waals surface area (Å²) in [6, 6.07) is 12.7. The van der Waals surface area contributed by atoms with Crippen molar-refractivity contribution >= 4 is 28.8 Å². The number of hydrogen-bond acceptors (Lipinski definition) is 6. The fraction of sp³-hybridized carbons (Fsp3) is 0.217. The van der Waals surface area contributed by atoms with Crippen LogP contribution in [0, 0.1) is 11.6 Å². The average molecular weight is 439 g/mol. The Kier molecular flexibility index (Phi) is 6.46. The van der Waals surface area contributed by atoms with Gasteiger partial charge in [0.15, 0.2) is 0 Å². The smallest absolute Gasteiger partial charge is 0.252 e.